The second-order valence-corrected chi connectivity index (χ2v) is 21.8. The number of hydrogen-bond acceptors (Lipinski definition) is 1. The Morgan fingerprint density at radius 1 is 1.00 bits per heavy atom. The second-order valence-electron chi connectivity index (χ2n) is 9.13. The van der Waals surface area contributed by atoms with Gasteiger partial charge in [0.25, 0.3) is 0 Å². The Hall–Kier alpha value is 1.13. The molecular weight excluding hydrogens is 431 g/mol. The first-order chi connectivity index (χ1) is 11.7. The second kappa shape index (κ2) is 10.8. The predicted molar refractivity (Wildman–Crippen MR) is 121 cm³/mol. The Morgan fingerprint density at radius 3 is 2.08 bits per heavy atom. The molecule has 1 saturated carbocycles. The molecular formula is C19H36Cl2N2Si2Ti-2. The summed E-state index contributed by atoms with van der Waals surface area (Å²) in [6, 6.07) is 0. The van der Waals surface area contributed by atoms with Crippen LogP contribution in [0.3, 0.4) is 0 Å². The van der Waals surface area contributed by atoms with Crippen LogP contribution in [0.1, 0.15) is 6.42 Å². The Balaban J connectivity index is 0.000000791. The van der Waals surface area contributed by atoms with Gasteiger partial charge in [-0.2, -0.15) is 0 Å². The van der Waals surface area contributed by atoms with Gasteiger partial charge in [-0.25, -0.2) is 0 Å². The van der Waals surface area contributed by atoms with Crippen molar-refractivity contribution < 1.29 is 17.0 Å². The van der Waals surface area contributed by atoms with E-state index in [9.17, 15) is 0 Å². The third-order valence-electron chi connectivity index (χ3n) is 6.47. The van der Waals surface area contributed by atoms with Crippen LogP contribution < -0.4 is 0 Å². The third kappa shape index (κ3) is 5.82. The number of fused-ring (bicyclic) bond motifs is 1. The van der Waals surface area contributed by atoms with Crippen molar-refractivity contribution in [2.75, 3.05) is 26.2 Å². The van der Waals surface area contributed by atoms with Crippen molar-refractivity contribution >= 4 is 34.9 Å². The molecule has 0 N–H and O–H groups in total. The first kappa shape index (κ1) is 25.2. The zero-order valence-electron chi connectivity index (χ0n) is 17.3. The molecule has 0 radical (unpaired) electrons. The van der Waals surface area contributed by atoms with Crippen molar-refractivity contribution in [2.45, 2.75) is 50.2 Å². The molecule has 1 aliphatic heterocycles. The Morgan fingerprint density at radius 2 is 1.54 bits per heavy atom. The van der Waals surface area contributed by atoms with Gasteiger partial charge in [0, 0.05) is 8.07 Å². The van der Waals surface area contributed by atoms with Crippen LogP contribution in [0, 0.1) is 19.3 Å². The van der Waals surface area contributed by atoms with Crippen molar-refractivity contribution in [1.29, 1.82) is 0 Å². The summed E-state index contributed by atoms with van der Waals surface area (Å²) < 4.78 is 2.88. The van der Waals surface area contributed by atoms with E-state index in [1.807, 2.05) is 0 Å². The van der Waals surface area contributed by atoms with Gasteiger partial charge in [0.05, 0.1) is 0 Å². The molecule has 1 saturated heterocycles. The molecule has 3 aliphatic rings. The first-order valence-electron chi connectivity index (χ1n) is 9.43. The van der Waals surface area contributed by atoms with Crippen molar-refractivity contribution in [3.63, 3.8) is 0 Å². The molecule has 2 aliphatic carbocycles. The van der Waals surface area contributed by atoms with Crippen LogP contribution in [0.15, 0.2) is 24.3 Å². The van der Waals surface area contributed by atoms with Crippen LogP contribution in [0.2, 0.25) is 43.8 Å². The SMILES string of the molecule is C[Si](C)(C)C1CC2C=CC=CC2C1[Si](C)(C)N1CC[N-]CC1.[CH3-].[Cl][Ti][Cl]. The molecule has 0 spiro atoms. The molecule has 4 atom stereocenters. The number of hydrogen-bond donors (Lipinski definition) is 0. The van der Waals surface area contributed by atoms with E-state index in [1.54, 1.807) is 0 Å². The van der Waals surface area contributed by atoms with Gasteiger partial charge >= 0.3 is 35.6 Å². The average Bonchev–Trinajstić information content (AvgIpc) is 2.97. The molecule has 0 aromatic carbocycles. The van der Waals surface area contributed by atoms with Gasteiger partial charge in [-0.1, -0.05) is 57.0 Å². The summed E-state index contributed by atoms with van der Waals surface area (Å²) in [4.78, 5) is 0. The van der Waals surface area contributed by atoms with Crippen LogP contribution in [-0.4, -0.2) is 47.1 Å². The van der Waals surface area contributed by atoms with Crippen LogP contribution in [0.25, 0.3) is 5.32 Å². The van der Waals surface area contributed by atoms with Crippen molar-refractivity contribution in [1.82, 2.24) is 4.57 Å². The van der Waals surface area contributed by atoms with Crippen LogP contribution in [0.5, 0.6) is 0 Å². The first-order valence-corrected chi connectivity index (χ1v) is 20.3. The van der Waals surface area contributed by atoms with E-state index in [4.69, 9.17) is 18.6 Å². The number of halogens is 2. The zero-order valence-corrected chi connectivity index (χ0v) is 22.4. The van der Waals surface area contributed by atoms with Crippen LogP contribution in [0.4, 0.5) is 0 Å². The van der Waals surface area contributed by atoms with E-state index in [-0.39, 0.29) is 7.43 Å². The number of rotatable bonds is 3. The standard InChI is InChI=1S/C18H33N2Si2.CH3.2ClH.Ti/c1-21(2,3)17-14-15-8-6-7-9-16(15)18(17)22(4,5)20-12-10-19-11-13-20;;;;/h6-9,15-18H,10-14H2,1-5H3;1H3;2*1H;/q2*-1;;;+2/p-2. The molecule has 0 bridgehead atoms. The average molecular weight is 467 g/mol. The molecule has 2 fully saturated rings. The Bertz CT molecular complexity index is 488. The summed E-state index contributed by atoms with van der Waals surface area (Å²) >= 11 is -0.556. The fourth-order valence-electron chi connectivity index (χ4n) is 5.25. The van der Waals surface area contributed by atoms with Crippen LogP contribution in [-0.2, 0) is 17.0 Å². The Labute approximate surface area is 180 Å². The number of piperazine rings is 1. The van der Waals surface area contributed by atoms with E-state index in [0.717, 1.165) is 36.0 Å². The number of nitrogens with zero attached hydrogens (tertiary/aromatic N) is 2. The third-order valence-corrected chi connectivity index (χ3v) is 14.1. The molecule has 3 rings (SSSR count). The fourth-order valence-corrected chi connectivity index (χ4v) is 14.4. The summed E-state index contributed by atoms with van der Waals surface area (Å²) in [7, 11) is 7.22. The van der Waals surface area contributed by atoms with Gasteiger partial charge in [-0.3, -0.25) is 0 Å². The number of allylic oxidation sites excluding steroid dienone is 4. The van der Waals surface area contributed by atoms with E-state index >= 15 is 0 Å². The van der Waals surface area contributed by atoms with E-state index in [0.29, 0.717) is 0 Å². The quantitative estimate of drug-likeness (QED) is 0.340. The summed E-state index contributed by atoms with van der Waals surface area (Å²) in [5.74, 6) is 1.62. The Kier molecular flexibility index (Phi) is 10.4. The fraction of sp³-hybridized carbons (Fsp3) is 0.737. The van der Waals surface area contributed by atoms with Gasteiger partial charge in [0.2, 0.25) is 0 Å². The molecule has 7 heteroatoms. The minimum absolute atomic E-state index is 0. The van der Waals surface area contributed by atoms with Gasteiger partial charge in [-0.05, 0) is 42.4 Å². The molecule has 0 aromatic rings. The van der Waals surface area contributed by atoms with Gasteiger partial charge in [-0.15, -0.1) is 13.1 Å². The topological polar surface area (TPSA) is 17.3 Å². The van der Waals surface area contributed by atoms with Gasteiger partial charge in [0.1, 0.15) is 8.24 Å². The van der Waals surface area contributed by atoms with Gasteiger partial charge in [0.15, 0.2) is 0 Å². The van der Waals surface area contributed by atoms with Crippen molar-refractivity contribution in [3.8, 4) is 0 Å². The molecule has 1 heterocycles. The maximum absolute atomic E-state index is 4.89. The summed E-state index contributed by atoms with van der Waals surface area (Å²) in [5.41, 5.74) is 1.92. The molecule has 0 aromatic heterocycles. The molecule has 26 heavy (non-hydrogen) atoms. The molecule has 0 amide bonds. The van der Waals surface area contributed by atoms with Crippen LogP contribution >= 0.6 is 18.6 Å². The predicted octanol–water partition coefficient (Wildman–Crippen LogP) is 6.55. The van der Waals surface area contributed by atoms with E-state index in [2.05, 4.69) is 66.9 Å². The minimum atomic E-state index is -1.43. The maximum atomic E-state index is 4.89. The van der Waals surface area contributed by atoms with E-state index in [1.165, 1.54) is 19.5 Å². The monoisotopic (exact) mass is 466 g/mol. The van der Waals surface area contributed by atoms with Gasteiger partial charge < -0.3 is 17.3 Å². The summed E-state index contributed by atoms with van der Waals surface area (Å²) in [6.45, 7) is 17.7. The molecule has 150 valence electrons. The molecule has 2 nitrogen and oxygen atoms in total. The normalized spacial score (nSPS) is 31.5. The van der Waals surface area contributed by atoms with Crippen molar-refractivity contribution in [3.05, 3.63) is 37.0 Å². The molecule has 4 unspecified atom stereocenters. The summed E-state index contributed by atoms with van der Waals surface area (Å²) in [6.07, 6.45) is 11.1. The van der Waals surface area contributed by atoms with E-state index < -0.39 is 33.3 Å². The van der Waals surface area contributed by atoms with Crippen molar-refractivity contribution in [2.24, 2.45) is 11.8 Å². The summed E-state index contributed by atoms with van der Waals surface area (Å²) in [5, 5.41) is 4.58. The zero-order chi connectivity index (χ0) is 18.7.